The summed E-state index contributed by atoms with van der Waals surface area (Å²) in [5.41, 5.74) is 1.39. The molecule has 0 aliphatic heterocycles. The first kappa shape index (κ1) is 19.8. The van der Waals surface area contributed by atoms with Gasteiger partial charge in [0.2, 0.25) is 0 Å². The average molecular weight is 335 g/mol. The van der Waals surface area contributed by atoms with E-state index >= 15 is 0 Å². The van der Waals surface area contributed by atoms with Crippen LogP contribution in [0.3, 0.4) is 0 Å². The maximum atomic E-state index is 12.4. The highest BCUT2D eigenvalue weighted by atomic mass is 16.6. The molecule has 0 spiro atoms. The Morgan fingerprint density at radius 1 is 1.12 bits per heavy atom. The number of hydrogen-bond acceptors (Lipinski definition) is 3. The van der Waals surface area contributed by atoms with E-state index in [1.807, 2.05) is 18.7 Å². The van der Waals surface area contributed by atoms with E-state index in [0.29, 0.717) is 30.4 Å². The van der Waals surface area contributed by atoms with Gasteiger partial charge in [-0.3, -0.25) is 4.90 Å². The molecule has 3 amide bonds. The van der Waals surface area contributed by atoms with E-state index in [2.05, 4.69) is 19.2 Å². The number of carbonyl (C=O) groups excluding carboxylic acids is 2. The molecule has 1 aromatic carbocycles. The van der Waals surface area contributed by atoms with E-state index in [-0.39, 0.29) is 12.1 Å². The largest absolute Gasteiger partial charge is 0.449 e. The van der Waals surface area contributed by atoms with E-state index in [9.17, 15) is 9.59 Å². The molecule has 0 radical (unpaired) electrons. The van der Waals surface area contributed by atoms with Gasteiger partial charge in [0.25, 0.3) is 0 Å². The van der Waals surface area contributed by atoms with Crippen molar-refractivity contribution < 1.29 is 14.3 Å². The zero-order valence-electron chi connectivity index (χ0n) is 15.5. The van der Waals surface area contributed by atoms with Crippen molar-refractivity contribution in [2.24, 2.45) is 5.92 Å². The SMILES string of the molecule is CCOC(=O)N(C)c1ccc(NC(=O)N(CC)[C@H](C)C(C)C)cc1. The zero-order valence-corrected chi connectivity index (χ0v) is 15.5. The molecule has 134 valence electrons. The summed E-state index contributed by atoms with van der Waals surface area (Å²) in [5.74, 6) is 0.385. The molecule has 0 fully saturated rings. The van der Waals surface area contributed by atoms with Crippen molar-refractivity contribution in [2.45, 2.75) is 40.7 Å². The van der Waals surface area contributed by atoms with Gasteiger partial charge in [0.1, 0.15) is 0 Å². The minimum Gasteiger partial charge on any atom is -0.449 e. The molecule has 1 aromatic rings. The summed E-state index contributed by atoms with van der Waals surface area (Å²) < 4.78 is 4.96. The van der Waals surface area contributed by atoms with Crippen LogP contribution in [-0.4, -0.2) is 43.3 Å². The maximum absolute atomic E-state index is 12.4. The fourth-order valence-corrected chi connectivity index (χ4v) is 2.27. The van der Waals surface area contributed by atoms with E-state index in [0.717, 1.165) is 0 Å². The summed E-state index contributed by atoms with van der Waals surface area (Å²) in [7, 11) is 1.65. The fourth-order valence-electron chi connectivity index (χ4n) is 2.27. The van der Waals surface area contributed by atoms with Gasteiger partial charge >= 0.3 is 12.1 Å². The smallest absolute Gasteiger partial charge is 0.413 e. The molecule has 0 heterocycles. The second kappa shape index (κ2) is 9.15. The summed E-state index contributed by atoms with van der Waals surface area (Å²) in [6.45, 7) is 11.0. The van der Waals surface area contributed by atoms with E-state index < -0.39 is 6.09 Å². The van der Waals surface area contributed by atoms with Crippen molar-refractivity contribution in [3.05, 3.63) is 24.3 Å². The average Bonchev–Trinajstić information content (AvgIpc) is 2.55. The number of ether oxygens (including phenoxy) is 1. The van der Waals surface area contributed by atoms with Crippen LogP contribution in [0.25, 0.3) is 0 Å². The van der Waals surface area contributed by atoms with Gasteiger partial charge in [-0.05, 0) is 51.0 Å². The highest BCUT2D eigenvalue weighted by Gasteiger charge is 2.21. The number of nitrogens with one attached hydrogen (secondary N) is 1. The standard InChI is InChI=1S/C18H29N3O3/c1-7-21(14(5)13(3)4)17(22)19-15-9-11-16(12-10-15)20(6)18(23)24-8-2/h9-14H,7-8H2,1-6H3,(H,19,22)/t14-/m1/s1. The van der Waals surface area contributed by atoms with Crippen molar-refractivity contribution in [1.29, 1.82) is 0 Å². The van der Waals surface area contributed by atoms with Crippen molar-refractivity contribution >= 4 is 23.5 Å². The molecule has 0 saturated carbocycles. The van der Waals surface area contributed by atoms with Crippen LogP contribution in [0, 0.1) is 5.92 Å². The van der Waals surface area contributed by atoms with Crippen LogP contribution < -0.4 is 10.2 Å². The number of anilines is 2. The van der Waals surface area contributed by atoms with Gasteiger partial charge < -0.3 is 15.0 Å². The number of amides is 3. The van der Waals surface area contributed by atoms with E-state index in [1.54, 1.807) is 38.2 Å². The summed E-state index contributed by atoms with van der Waals surface area (Å²) >= 11 is 0. The predicted octanol–water partition coefficient (Wildman–Crippen LogP) is 4.18. The quantitative estimate of drug-likeness (QED) is 0.848. The maximum Gasteiger partial charge on any atom is 0.413 e. The van der Waals surface area contributed by atoms with E-state index in [4.69, 9.17) is 4.74 Å². The predicted molar refractivity (Wildman–Crippen MR) is 97.6 cm³/mol. The zero-order chi connectivity index (χ0) is 18.3. The van der Waals surface area contributed by atoms with E-state index in [1.165, 1.54) is 4.90 Å². The van der Waals surface area contributed by atoms with Crippen molar-refractivity contribution in [2.75, 3.05) is 30.4 Å². The molecule has 1 atom stereocenters. The van der Waals surface area contributed by atoms with Gasteiger partial charge in [-0.2, -0.15) is 0 Å². The number of nitrogens with zero attached hydrogens (tertiary/aromatic N) is 2. The number of urea groups is 1. The Balaban J connectivity index is 2.76. The number of carbonyl (C=O) groups is 2. The molecular formula is C18H29N3O3. The summed E-state index contributed by atoms with van der Waals surface area (Å²) in [6.07, 6.45) is -0.405. The second-order valence-corrected chi connectivity index (χ2v) is 6.01. The van der Waals surface area contributed by atoms with Crippen molar-refractivity contribution in [3.63, 3.8) is 0 Å². The Morgan fingerprint density at radius 3 is 2.17 bits per heavy atom. The van der Waals surface area contributed by atoms with Crippen LogP contribution in [0.15, 0.2) is 24.3 Å². The highest BCUT2D eigenvalue weighted by molar-refractivity contribution is 5.91. The molecule has 0 saturated heterocycles. The summed E-state index contributed by atoms with van der Waals surface area (Å²) in [4.78, 5) is 27.4. The molecule has 0 aromatic heterocycles. The Morgan fingerprint density at radius 2 is 1.71 bits per heavy atom. The van der Waals surface area contributed by atoms with Crippen LogP contribution in [0.2, 0.25) is 0 Å². The molecule has 1 N–H and O–H groups in total. The van der Waals surface area contributed by atoms with Gasteiger partial charge in [-0.15, -0.1) is 0 Å². The molecule has 0 aliphatic carbocycles. The van der Waals surface area contributed by atoms with Crippen LogP contribution in [-0.2, 0) is 4.74 Å². The number of rotatable bonds is 6. The molecule has 0 aliphatic rings. The molecule has 0 bridgehead atoms. The van der Waals surface area contributed by atoms with Gasteiger partial charge in [0.15, 0.2) is 0 Å². The highest BCUT2D eigenvalue weighted by Crippen LogP contribution is 2.19. The lowest BCUT2D eigenvalue weighted by molar-refractivity contribution is 0.161. The third-order valence-corrected chi connectivity index (χ3v) is 4.11. The minimum absolute atomic E-state index is 0.120. The van der Waals surface area contributed by atoms with Gasteiger partial charge in [0.05, 0.1) is 6.61 Å². The topological polar surface area (TPSA) is 61.9 Å². The molecule has 6 heteroatoms. The lowest BCUT2D eigenvalue weighted by Gasteiger charge is -2.31. The first-order chi connectivity index (χ1) is 11.3. The molecule has 24 heavy (non-hydrogen) atoms. The summed E-state index contributed by atoms with van der Waals surface area (Å²) in [5, 5.41) is 2.90. The lowest BCUT2D eigenvalue weighted by Crippen LogP contribution is -2.43. The Hall–Kier alpha value is -2.24. The Labute approximate surface area is 144 Å². The second-order valence-electron chi connectivity index (χ2n) is 6.01. The van der Waals surface area contributed by atoms with Crippen molar-refractivity contribution in [3.8, 4) is 0 Å². The number of benzene rings is 1. The number of hydrogen-bond donors (Lipinski definition) is 1. The Bertz CT molecular complexity index is 543. The lowest BCUT2D eigenvalue weighted by atomic mass is 10.1. The summed E-state index contributed by atoms with van der Waals surface area (Å²) in [6, 6.07) is 7.13. The first-order valence-corrected chi connectivity index (χ1v) is 8.39. The van der Waals surface area contributed by atoms with Gasteiger partial charge in [0, 0.05) is 31.0 Å². The monoisotopic (exact) mass is 335 g/mol. The fraction of sp³-hybridized carbons (Fsp3) is 0.556. The minimum atomic E-state index is -0.405. The molecular weight excluding hydrogens is 306 g/mol. The molecule has 6 nitrogen and oxygen atoms in total. The molecule has 0 unspecified atom stereocenters. The Kier molecular flexibility index (Phi) is 7.55. The van der Waals surface area contributed by atoms with Gasteiger partial charge in [-0.25, -0.2) is 9.59 Å². The third kappa shape index (κ3) is 5.15. The van der Waals surface area contributed by atoms with Gasteiger partial charge in [-0.1, -0.05) is 13.8 Å². The van der Waals surface area contributed by atoms with Crippen LogP contribution >= 0.6 is 0 Å². The first-order valence-electron chi connectivity index (χ1n) is 8.39. The van der Waals surface area contributed by atoms with Crippen molar-refractivity contribution in [1.82, 2.24) is 4.90 Å². The van der Waals surface area contributed by atoms with Crippen LogP contribution in [0.1, 0.15) is 34.6 Å². The molecule has 1 rings (SSSR count). The van der Waals surface area contributed by atoms with Crippen LogP contribution in [0.4, 0.5) is 21.0 Å². The third-order valence-electron chi connectivity index (χ3n) is 4.11. The van der Waals surface area contributed by atoms with Crippen LogP contribution in [0.5, 0.6) is 0 Å². The normalized spacial score (nSPS) is 11.8.